The minimum absolute atomic E-state index is 0.190. The molecule has 2 rings (SSSR count). The fourth-order valence-corrected chi connectivity index (χ4v) is 1.78. The first kappa shape index (κ1) is 13.9. The van der Waals surface area contributed by atoms with Crippen LogP contribution in [0.25, 0.3) is 0 Å². The monoisotopic (exact) mass is 271 g/mol. The highest BCUT2D eigenvalue weighted by Crippen LogP contribution is 2.13. The van der Waals surface area contributed by atoms with Crippen molar-refractivity contribution in [3.05, 3.63) is 59.9 Å². The Morgan fingerprint density at radius 2 is 2.00 bits per heavy atom. The van der Waals surface area contributed by atoms with E-state index in [1.54, 1.807) is 6.20 Å². The molecule has 1 heterocycles. The molecule has 104 valence electrons. The van der Waals surface area contributed by atoms with E-state index in [0.717, 1.165) is 23.3 Å². The highest BCUT2D eigenvalue weighted by Gasteiger charge is 1.99. The number of hydrogen-bond acceptors (Lipinski definition) is 4. The quantitative estimate of drug-likeness (QED) is 0.364. The molecule has 20 heavy (non-hydrogen) atoms. The SMILES string of the molecule is NC(Cc1ccc(OCCc2cccnc2)cc1)=NO. The molecule has 0 aliphatic carbocycles. The molecule has 1 aromatic carbocycles. The minimum atomic E-state index is 0.190. The minimum Gasteiger partial charge on any atom is -0.493 e. The zero-order valence-corrected chi connectivity index (χ0v) is 11.1. The van der Waals surface area contributed by atoms with Gasteiger partial charge in [-0.15, -0.1) is 0 Å². The van der Waals surface area contributed by atoms with Crippen molar-refractivity contribution in [1.29, 1.82) is 0 Å². The number of benzene rings is 1. The van der Waals surface area contributed by atoms with Gasteiger partial charge in [0.25, 0.3) is 0 Å². The van der Waals surface area contributed by atoms with E-state index in [2.05, 4.69) is 10.1 Å². The summed E-state index contributed by atoms with van der Waals surface area (Å²) in [5.41, 5.74) is 7.57. The molecular weight excluding hydrogens is 254 g/mol. The van der Waals surface area contributed by atoms with E-state index in [4.69, 9.17) is 15.7 Å². The molecule has 3 N–H and O–H groups in total. The number of pyridine rings is 1. The van der Waals surface area contributed by atoms with Gasteiger partial charge in [-0.05, 0) is 29.3 Å². The smallest absolute Gasteiger partial charge is 0.143 e. The van der Waals surface area contributed by atoms with Crippen LogP contribution in [0.15, 0.2) is 53.9 Å². The van der Waals surface area contributed by atoms with E-state index < -0.39 is 0 Å². The lowest BCUT2D eigenvalue weighted by Crippen LogP contribution is -2.14. The Morgan fingerprint density at radius 3 is 2.65 bits per heavy atom. The van der Waals surface area contributed by atoms with E-state index in [0.29, 0.717) is 13.0 Å². The van der Waals surface area contributed by atoms with Crippen LogP contribution in [0, 0.1) is 0 Å². The number of ether oxygens (including phenoxy) is 1. The summed E-state index contributed by atoms with van der Waals surface area (Å²) >= 11 is 0. The summed E-state index contributed by atoms with van der Waals surface area (Å²) in [5.74, 6) is 0.993. The highest BCUT2D eigenvalue weighted by molar-refractivity contribution is 5.82. The second kappa shape index (κ2) is 7.13. The Hall–Kier alpha value is -2.56. The van der Waals surface area contributed by atoms with E-state index in [1.165, 1.54) is 0 Å². The van der Waals surface area contributed by atoms with Gasteiger partial charge < -0.3 is 15.7 Å². The molecule has 0 unspecified atom stereocenters. The zero-order valence-electron chi connectivity index (χ0n) is 11.1. The Morgan fingerprint density at radius 1 is 1.20 bits per heavy atom. The molecular formula is C15H17N3O2. The van der Waals surface area contributed by atoms with Crippen LogP contribution >= 0.6 is 0 Å². The Labute approximate surface area is 117 Å². The van der Waals surface area contributed by atoms with E-state index in [-0.39, 0.29) is 5.84 Å². The van der Waals surface area contributed by atoms with Gasteiger partial charge in [0, 0.05) is 25.2 Å². The van der Waals surface area contributed by atoms with Crippen LogP contribution in [-0.4, -0.2) is 22.6 Å². The molecule has 0 radical (unpaired) electrons. The standard InChI is InChI=1S/C15H17N3O2/c16-15(18-19)10-12-3-5-14(6-4-12)20-9-7-13-2-1-8-17-11-13/h1-6,8,11,19H,7,9-10H2,(H2,16,18). The summed E-state index contributed by atoms with van der Waals surface area (Å²) in [6, 6.07) is 11.5. The maximum atomic E-state index is 8.51. The fraction of sp³-hybridized carbons (Fsp3) is 0.200. The van der Waals surface area contributed by atoms with Gasteiger partial charge in [0.1, 0.15) is 11.6 Å². The molecule has 0 bridgehead atoms. The molecule has 0 fully saturated rings. The van der Waals surface area contributed by atoms with Crippen molar-refractivity contribution in [3.63, 3.8) is 0 Å². The van der Waals surface area contributed by atoms with Crippen LogP contribution in [0.3, 0.4) is 0 Å². The van der Waals surface area contributed by atoms with Gasteiger partial charge in [0.15, 0.2) is 0 Å². The summed E-state index contributed by atoms with van der Waals surface area (Å²) in [6.07, 6.45) is 4.83. The van der Waals surface area contributed by atoms with Crippen molar-refractivity contribution >= 4 is 5.84 Å². The van der Waals surface area contributed by atoms with E-state index in [9.17, 15) is 0 Å². The zero-order chi connectivity index (χ0) is 14.2. The Kier molecular flexibility index (Phi) is 4.94. The van der Waals surface area contributed by atoms with Crippen LogP contribution in [-0.2, 0) is 12.8 Å². The first-order valence-corrected chi connectivity index (χ1v) is 6.35. The van der Waals surface area contributed by atoms with Crippen LogP contribution in [0.5, 0.6) is 5.75 Å². The second-order valence-electron chi connectivity index (χ2n) is 4.37. The van der Waals surface area contributed by atoms with Gasteiger partial charge in [-0.25, -0.2) is 0 Å². The number of rotatable bonds is 6. The maximum Gasteiger partial charge on any atom is 0.143 e. The lowest BCUT2D eigenvalue weighted by Gasteiger charge is -2.07. The number of amidine groups is 1. The van der Waals surface area contributed by atoms with Gasteiger partial charge in [-0.1, -0.05) is 23.4 Å². The first-order chi connectivity index (χ1) is 9.78. The summed E-state index contributed by atoms with van der Waals surface area (Å²) in [7, 11) is 0. The maximum absolute atomic E-state index is 8.51. The molecule has 2 aromatic rings. The lowest BCUT2D eigenvalue weighted by atomic mass is 10.1. The largest absolute Gasteiger partial charge is 0.493 e. The molecule has 5 nitrogen and oxygen atoms in total. The molecule has 0 spiro atoms. The molecule has 1 aromatic heterocycles. The van der Waals surface area contributed by atoms with Crippen LogP contribution in [0.2, 0.25) is 0 Å². The van der Waals surface area contributed by atoms with Crippen LogP contribution in [0.1, 0.15) is 11.1 Å². The number of nitrogens with two attached hydrogens (primary N) is 1. The fourth-order valence-electron chi connectivity index (χ4n) is 1.78. The molecule has 0 saturated heterocycles. The third-order valence-corrected chi connectivity index (χ3v) is 2.82. The van der Waals surface area contributed by atoms with Crippen molar-refractivity contribution in [1.82, 2.24) is 4.98 Å². The summed E-state index contributed by atoms with van der Waals surface area (Å²) in [5, 5.41) is 11.5. The number of hydrogen-bond donors (Lipinski definition) is 2. The van der Waals surface area contributed by atoms with Crippen molar-refractivity contribution < 1.29 is 9.94 Å². The molecule has 5 heteroatoms. The third-order valence-electron chi connectivity index (χ3n) is 2.82. The van der Waals surface area contributed by atoms with Gasteiger partial charge in [-0.2, -0.15) is 0 Å². The summed E-state index contributed by atoms with van der Waals surface area (Å²) in [4.78, 5) is 4.06. The summed E-state index contributed by atoms with van der Waals surface area (Å²) in [6.45, 7) is 0.602. The van der Waals surface area contributed by atoms with Gasteiger partial charge in [0.2, 0.25) is 0 Å². The molecule has 0 aliphatic rings. The number of aromatic nitrogens is 1. The Balaban J connectivity index is 1.82. The van der Waals surface area contributed by atoms with Crippen molar-refractivity contribution in [2.24, 2.45) is 10.9 Å². The normalized spacial score (nSPS) is 11.3. The van der Waals surface area contributed by atoms with Crippen molar-refractivity contribution in [2.75, 3.05) is 6.61 Å². The third kappa shape index (κ3) is 4.28. The average molecular weight is 271 g/mol. The van der Waals surface area contributed by atoms with Gasteiger partial charge in [0.05, 0.1) is 6.61 Å². The second-order valence-corrected chi connectivity index (χ2v) is 4.37. The Bertz CT molecular complexity index is 553. The van der Waals surface area contributed by atoms with Crippen molar-refractivity contribution in [2.45, 2.75) is 12.8 Å². The number of oxime groups is 1. The highest BCUT2D eigenvalue weighted by atomic mass is 16.5. The summed E-state index contributed by atoms with van der Waals surface area (Å²) < 4.78 is 5.66. The topological polar surface area (TPSA) is 80.7 Å². The van der Waals surface area contributed by atoms with Crippen molar-refractivity contribution in [3.8, 4) is 5.75 Å². The molecule has 0 atom stereocenters. The average Bonchev–Trinajstić information content (AvgIpc) is 2.50. The predicted molar refractivity (Wildman–Crippen MR) is 77.0 cm³/mol. The number of nitrogens with zero attached hydrogens (tertiary/aromatic N) is 2. The lowest BCUT2D eigenvalue weighted by molar-refractivity contribution is 0.317. The van der Waals surface area contributed by atoms with E-state index in [1.807, 2.05) is 42.6 Å². The predicted octanol–water partition coefficient (Wildman–Crippen LogP) is 1.99. The molecule has 0 saturated carbocycles. The molecule has 0 aliphatic heterocycles. The van der Waals surface area contributed by atoms with E-state index >= 15 is 0 Å². The van der Waals surface area contributed by atoms with Crippen LogP contribution < -0.4 is 10.5 Å². The first-order valence-electron chi connectivity index (χ1n) is 6.35. The van der Waals surface area contributed by atoms with Crippen LogP contribution in [0.4, 0.5) is 0 Å². The molecule has 0 amide bonds. The van der Waals surface area contributed by atoms with Gasteiger partial charge in [-0.3, -0.25) is 4.98 Å². The van der Waals surface area contributed by atoms with Gasteiger partial charge >= 0.3 is 0 Å².